The zero-order valence-electron chi connectivity index (χ0n) is 24.9. The molecule has 0 amide bonds. The number of carbonyl (C=O) groups excluding carboxylic acids is 3. The van der Waals surface area contributed by atoms with Crippen LogP contribution < -0.4 is 0 Å². The number of methoxy groups -OCH3 is 1. The predicted molar refractivity (Wildman–Crippen MR) is 146 cm³/mol. The molecule has 4 aliphatic rings. The molecule has 10 nitrogen and oxygen atoms in total. The number of fused-ring (bicyclic) bond motifs is 5. The second kappa shape index (κ2) is 12.6. The Morgan fingerprint density at radius 1 is 0.902 bits per heavy atom. The summed E-state index contributed by atoms with van der Waals surface area (Å²) in [4.78, 5) is 47.9. The van der Waals surface area contributed by atoms with Crippen molar-refractivity contribution in [1.29, 1.82) is 0 Å². The van der Waals surface area contributed by atoms with Gasteiger partial charge in [-0.25, -0.2) is 4.79 Å². The Morgan fingerprint density at radius 2 is 1.61 bits per heavy atom. The van der Waals surface area contributed by atoms with E-state index in [0.29, 0.717) is 25.7 Å². The second-order valence-corrected chi connectivity index (χ2v) is 13.6. The van der Waals surface area contributed by atoms with Gasteiger partial charge in [-0.15, -0.1) is 0 Å². The lowest BCUT2D eigenvalue weighted by atomic mass is 9.43. The summed E-state index contributed by atoms with van der Waals surface area (Å²) in [7, 11) is 1.19. The van der Waals surface area contributed by atoms with Crippen molar-refractivity contribution in [2.45, 2.75) is 110 Å². The third-order valence-electron chi connectivity index (χ3n) is 11.7. The van der Waals surface area contributed by atoms with E-state index in [1.165, 1.54) is 7.11 Å². The molecule has 0 radical (unpaired) electrons. The van der Waals surface area contributed by atoms with Crippen LogP contribution in [0, 0.1) is 46.3 Å². The van der Waals surface area contributed by atoms with E-state index in [2.05, 4.69) is 25.5 Å². The summed E-state index contributed by atoms with van der Waals surface area (Å²) in [5.74, 6) is -2.00. The number of carbonyl (C=O) groups is 4. The number of esters is 3. The number of aliphatic hydroxyl groups excluding tert-OH is 2. The van der Waals surface area contributed by atoms with E-state index in [1.807, 2.05) is 0 Å². The maximum atomic E-state index is 13.2. The van der Waals surface area contributed by atoms with E-state index in [1.54, 1.807) is 0 Å². The van der Waals surface area contributed by atoms with Crippen LogP contribution >= 0.6 is 0 Å². The Morgan fingerprint density at radius 3 is 2.29 bits per heavy atom. The summed E-state index contributed by atoms with van der Waals surface area (Å²) in [6.07, 6.45) is 4.19. The fraction of sp³-hybridized carbons (Fsp3) is 0.871. The molecular weight excluding hydrogens is 532 g/mol. The molecule has 0 saturated heterocycles. The first-order chi connectivity index (χ1) is 19.3. The van der Waals surface area contributed by atoms with Gasteiger partial charge in [-0.2, -0.15) is 0 Å². The SMILES string of the molecule is COC(=O)COC(=O)CCC(=O)OC1CC2C(C(O)CC3CC(O)CCC32C)C2CCC(C(C)CCC(=O)O)C12C. The smallest absolute Gasteiger partial charge is 0.344 e. The maximum absolute atomic E-state index is 13.2. The quantitative estimate of drug-likeness (QED) is 0.258. The summed E-state index contributed by atoms with van der Waals surface area (Å²) in [5, 5.41) is 31.3. The van der Waals surface area contributed by atoms with Crippen molar-refractivity contribution in [2.24, 2.45) is 46.3 Å². The standard InChI is InChI=1S/C31H48O10/c1-17(5-8-25(34)35)20-6-7-21-29-22(30(2)12-11-19(32)13-18(30)14-23(29)33)15-24(31(20,21)3)41-27(37)10-9-26(36)40-16-28(38)39-4/h17-24,29,32-33H,5-16H2,1-4H3,(H,34,35). The Kier molecular flexibility index (Phi) is 9.73. The summed E-state index contributed by atoms with van der Waals surface area (Å²) in [5.41, 5.74) is -0.529. The van der Waals surface area contributed by atoms with Crippen molar-refractivity contribution < 1.29 is 48.7 Å². The van der Waals surface area contributed by atoms with Gasteiger partial charge in [0, 0.05) is 11.8 Å². The van der Waals surface area contributed by atoms with Crippen LogP contribution in [0.4, 0.5) is 0 Å². The predicted octanol–water partition coefficient (Wildman–Crippen LogP) is 3.50. The minimum atomic E-state index is -0.830. The molecule has 4 saturated carbocycles. The van der Waals surface area contributed by atoms with E-state index in [9.17, 15) is 34.5 Å². The van der Waals surface area contributed by atoms with Crippen LogP contribution in [-0.4, -0.2) is 71.2 Å². The summed E-state index contributed by atoms with van der Waals surface area (Å²) >= 11 is 0. The van der Waals surface area contributed by atoms with Crippen LogP contribution in [0.5, 0.6) is 0 Å². The fourth-order valence-electron chi connectivity index (χ4n) is 9.52. The third kappa shape index (κ3) is 6.28. The average Bonchev–Trinajstić information content (AvgIpc) is 3.28. The van der Waals surface area contributed by atoms with Gasteiger partial charge in [-0.3, -0.25) is 14.4 Å². The summed E-state index contributed by atoms with van der Waals surface area (Å²) in [6, 6.07) is 0. The molecule has 10 heteroatoms. The number of aliphatic carboxylic acids is 1. The van der Waals surface area contributed by atoms with Gasteiger partial charge in [-0.1, -0.05) is 20.8 Å². The Bertz CT molecular complexity index is 997. The lowest BCUT2D eigenvalue weighted by Gasteiger charge is -2.63. The minimum Gasteiger partial charge on any atom is -0.481 e. The number of carboxylic acid groups (broad SMARTS) is 1. The molecule has 0 heterocycles. The molecule has 0 aliphatic heterocycles. The number of hydrogen-bond donors (Lipinski definition) is 3. The Labute approximate surface area is 242 Å². The number of aliphatic hydroxyl groups is 2. The van der Waals surface area contributed by atoms with Crippen molar-refractivity contribution in [3.8, 4) is 0 Å². The maximum Gasteiger partial charge on any atom is 0.344 e. The molecule has 41 heavy (non-hydrogen) atoms. The highest BCUT2D eigenvalue weighted by atomic mass is 16.6. The molecule has 4 fully saturated rings. The molecule has 232 valence electrons. The largest absolute Gasteiger partial charge is 0.481 e. The molecule has 0 aromatic carbocycles. The zero-order valence-corrected chi connectivity index (χ0v) is 24.9. The molecule has 3 N–H and O–H groups in total. The molecule has 0 bridgehead atoms. The van der Waals surface area contributed by atoms with Gasteiger partial charge in [0.2, 0.25) is 0 Å². The van der Waals surface area contributed by atoms with Gasteiger partial charge in [0.15, 0.2) is 6.61 Å². The Balaban J connectivity index is 1.57. The average molecular weight is 581 g/mol. The van der Waals surface area contributed by atoms with Gasteiger partial charge in [0.05, 0.1) is 32.2 Å². The van der Waals surface area contributed by atoms with Crippen LogP contribution in [0.25, 0.3) is 0 Å². The van der Waals surface area contributed by atoms with Gasteiger partial charge in [0.1, 0.15) is 6.10 Å². The zero-order chi connectivity index (χ0) is 30.1. The lowest BCUT2D eigenvalue weighted by molar-refractivity contribution is -0.218. The molecule has 11 atom stereocenters. The third-order valence-corrected chi connectivity index (χ3v) is 11.7. The molecule has 11 unspecified atom stereocenters. The molecule has 4 rings (SSSR count). The van der Waals surface area contributed by atoms with Crippen molar-refractivity contribution in [2.75, 3.05) is 13.7 Å². The second-order valence-electron chi connectivity index (χ2n) is 13.6. The molecule has 4 aliphatic carbocycles. The monoisotopic (exact) mass is 580 g/mol. The van der Waals surface area contributed by atoms with E-state index >= 15 is 0 Å². The van der Waals surface area contributed by atoms with Crippen molar-refractivity contribution in [3.05, 3.63) is 0 Å². The molecule has 0 aromatic rings. The molecule has 0 aromatic heterocycles. The normalized spacial score (nSPS) is 40.3. The number of ether oxygens (including phenoxy) is 3. The van der Waals surface area contributed by atoms with Crippen molar-refractivity contribution >= 4 is 23.9 Å². The first-order valence-corrected chi connectivity index (χ1v) is 15.3. The van der Waals surface area contributed by atoms with E-state index in [4.69, 9.17) is 9.47 Å². The summed E-state index contributed by atoms with van der Waals surface area (Å²) in [6.45, 7) is 6.02. The van der Waals surface area contributed by atoms with Gasteiger partial charge in [-0.05, 0) is 92.3 Å². The first-order valence-electron chi connectivity index (χ1n) is 15.3. The van der Waals surface area contributed by atoms with Crippen LogP contribution in [0.2, 0.25) is 0 Å². The highest BCUT2D eigenvalue weighted by Crippen LogP contribution is 2.69. The number of carboxylic acids is 1. The topological polar surface area (TPSA) is 157 Å². The van der Waals surface area contributed by atoms with E-state index < -0.39 is 48.1 Å². The van der Waals surface area contributed by atoms with Crippen LogP contribution in [0.3, 0.4) is 0 Å². The van der Waals surface area contributed by atoms with Crippen LogP contribution in [-0.2, 0) is 33.4 Å². The fourth-order valence-corrected chi connectivity index (χ4v) is 9.52. The summed E-state index contributed by atoms with van der Waals surface area (Å²) < 4.78 is 15.6. The first kappa shape index (κ1) is 31.7. The Hall–Kier alpha value is -2.20. The van der Waals surface area contributed by atoms with E-state index in [0.717, 1.165) is 25.7 Å². The van der Waals surface area contributed by atoms with Gasteiger partial charge >= 0.3 is 23.9 Å². The lowest BCUT2D eigenvalue weighted by Crippen LogP contribution is -2.63. The van der Waals surface area contributed by atoms with Crippen LogP contribution in [0.1, 0.15) is 91.4 Å². The molecule has 0 spiro atoms. The minimum absolute atomic E-state index is 0.0522. The van der Waals surface area contributed by atoms with Crippen LogP contribution in [0.15, 0.2) is 0 Å². The van der Waals surface area contributed by atoms with Crippen molar-refractivity contribution in [1.82, 2.24) is 0 Å². The number of rotatable bonds is 10. The van der Waals surface area contributed by atoms with Gasteiger partial charge in [0.25, 0.3) is 0 Å². The highest BCUT2D eigenvalue weighted by Gasteiger charge is 2.66. The number of hydrogen-bond acceptors (Lipinski definition) is 9. The van der Waals surface area contributed by atoms with Crippen molar-refractivity contribution in [3.63, 3.8) is 0 Å². The molecular formula is C31H48O10. The van der Waals surface area contributed by atoms with Gasteiger partial charge < -0.3 is 29.5 Å². The highest BCUT2D eigenvalue weighted by molar-refractivity contribution is 5.80. The van der Waals surface area contributed by atoms with E-state index in [-0.39, 0.29) is 66.3 Å².